The zero-order valence-electron chi connectivity index (χ0n) is 9.37. The van der Waals surface area contributed by atoms with Crippen LogP contribution in [0, 0.1) is 0 Å². The average Bonchev–Trinajstić information content (AvgIpc) is 2.35. The normalized spacial score (nSPS) is 10.5. The van der Waals surface area contributed by atoms with Crippen molar-refractivity contribution in [3.63, 3.8) is 0 Å². The van der Waals surface area contributed by atoms with Gasteiger partial charge in [0.15, 0.2) is 11.4 Å². The first-order chi connectivity index (χ1) is 8.04. The summed E-state index contributed by atoms with van der Waals surface area (Å²) in [6.07, 6.45) is -2.80. The van der Waals surface area contributed by atoms with Crippen LogP contribution in [0.3, 0.4) is 0 Å². The van der Waals surface area contributed by atoms with Crippen molar-refractivity contribution in [2.45, 2.75) is 13.0 Å². The number of nitrogens with zero attached hydrogens (tertiary/aromatic N) is 1. The Hall–Kier alpha value is -1.76. The van der Waals surface area contributed by atoms with Crippen molar-refractivity contribution in [2.24, 2.45) is 5.73 Å². The Morgan fingerprint density at radius 2 is 2.18 bits per heavy atom. The molecule has 0 spiro atoms. The zero-order chi connectivity index (χ0) is 13.0. The molecule has 17 heavy (non-hydrogen) atoms. The van der Waals surface area contributed by atoms with E-state index in [1.807, 2.05) is 0 Å². The number of alkyl halides is 2. The molecule has 0 atom stereocenters. The summed E-state index contributed by atoms with van der Waals surface area (Å²) in [6, 6.07) is 1.11. The van der Waals surface area contributed by atoms with E-state index in [2.05, 4.69) is 9.72 Å². The number of ether oxygens (including phenoxy) is 2. The topological polar surface area (TPSA) is 74.4 Å². The highest BCUT2D eigenvalue weighted by Crippen LogP contribution is 2.27. The number of hydrogen-bond donors (Lipinski definition) is 1. The quantitative estimate of drug-likeness (QED) is 0.810. The number of carbonyl (C=O) groups excluding carboxylic acids is 1. The molecule has 0 saturated heterocycles. The lowest BCUT2D eigenvalue weighted by molar-refractivity contribution is 0.0588. The summed E-state index contributed by atoms with van der Waals surface area (Å²) in [4.78, 5) is 14.9. The van der Waals surface area contributed by atoms with Crippen LogP contribution in [0.5, 0.6) is 5.75 Å². The van der Waals surface area contributed by atoms with Crippen molar-refractivity contribution in [3.8, 4) is 5.75 Å². The van der Waals surface area contributed by atoms with Crippen LogP contribution < -0.4 is 10.5 Å². The maximum atomic E-state index is 12.6. The van der Waals surface area contributed by atoms with Crippen molar-refractivity contribution >= 4 is 5.97 Å². The number of halogens is 2. The highest BCUT2D eigenvalue weighted by atomic mass is 19.3. The van der Waals surface area contributed by atoms with E-state index in [-0.39, 0.29) is 23.6 Å². The molecule has 5 nitrogen and oxygen atoms in total. The largest absolute Gasteiger partial charge is 0.494 e. The van der Waals surface area contributed by atoms with Crippen molar-refractivity contribution in [1.29, 1.82) is 0 Å². The third kappa shape index (κ3) is 2.68. The van der Waals surface area contributed by atoms with Gasteiger partial charge in [-0.1, -0.05) is 0 Å². The number of hydrogen-bond acceptors (Lipinski definition) is 5. The summed E-state index contributed by atoms with van der Waals surface area (Å²) in [6.45, 7) is -0.0462. The number of aromatic nitrogens is 1. The summed E-state index contributed by atoms with van der Waals surface area (Å²) in [5.74, 6) is -0.789. The molecule has 1 rings (SSSR count). The zero-order valence-corrected chi connectivity index (χ0v) is 9.37. The number of methoxy groups -OCH3 is 2. The standard InChI is InChI=1S/C10H12F2N2O3/c1-16-8-5(4-13)3-6(9(11)12)14-7(8)10(15)17-2/h3,9H,4,13H2,1-2H3. The molecule has 0 unspecified atom stereocenters. The van der Waals surface area contributed by atoms with Gasteiger partial charge in [-0.05, 0) is 6.07 Å². The molecule has 0 saturated carbocycles. The minimum atomic E-state index is -2.80. The minimum Gasteiger partial charge on any atom is -0.494 e. The highest BCUT2D eigenvalue weighted by Gasteiger charge is 2.22. The SMILES string of the molecule is COC(=O)c1nc(C(F)F)cc(CN)c1OC. The summed E-state index contributed by atoms with van der Waals surface area (Å²) < 4.78 is 34.5. The Morgan fingerprint density at radius 1 is 1.53 bits per heavy atom. The molecule has 0 radical (unpaired) electrons. The molecular formula is C10H12F2N2O3. The Balaban J connectivity index is 3.42. The first-order valence-corrected chi connectivity index (χ1v) is 4.69. The van der Waals surface area contributed by atoms with E-state index >= 15 is 0 Å². The Kier molecular flexibility index (Phi) is 4.33. The van der Waals surface area contributed by atoms with Gasteiger partial charge in [0, 0.05) is 12.1 Å². The maximum absolute atomic E-state index is 12.6. The maximum Gasteiger partial charge on any atom is 0.360 e. The van der Waals surface area contributed by atoms with Crippen LogP contribution in [-0.4, -0.2) is 25.2 Å². The predicted octanol–water partition coefficient (Wildman–Crippen LogP) is 1.27. The molecule has 94 valence electrons. The van der Waals surface area contributed by atoms with Crippen molar-refractivity contribution in [2.75, 3.05) is 14.2 Å². The fourth-order valence-electron chi connectivity index (χ4n) is 1.33. The van der Waals surface area contributed by atoms with Gasteiger partial charge in [-0.3, -0.25) is 0 Å². The van der Waals surface area contributed by atoms with Gasteiger partial charge in [0.25, 0.3) is 6.43 Å². The van der Waals surface area contributed by atoms with E-state index in [0.29, 0.717) is 0 Å². The second kappa shape index (κ2) is 5.53. The molecule has 1 aromatic heterocycles. The van der Waals surface area contributed by atoms with Crippen LogP contribution in [0.15, 0.2) is 6.07 Å². The Bertz CT molecular complexity index is 424. The van der Waals surface area contributed by atoms with Gasteiger partial charge in [-0.25, -0.2) is 18.6 Å². The Labute approximate surface area is 96.5 Å². The molecule has 0 aromatic carbocycles. The van der Waals surface area contributed by atoms with Crippen molar-refractivity contribution < 1.29 is 23.0 Å². The highest BCUT2D eigenvalue weighted by molar-refractivity contribution is 5.90. The van der Waals surface area contributed by atoms with Gasteiger partial charge in [-0.15, -0.1) is 0 Å². The van der Waals surface area contributed by atoms with E-state index in [1.165, 1.54) is 7.11 Å². The first kappa shape index (κ1) is 13.3. The Morgan fingerprint density at radius 3 is 2.59 bits per heavy atom. The van der Waals surface area contributed by atoms with Gasteiger partial charge in [0.1, 0.15) is 5.69 Å². The van der Waals surface area contributed by atoms with Crippen molar-refractivity contribution in [3.05, 3.63) is 23.0 Å². The molecule has 0 fully saturated rings. The molecule has 2 N–H and O–H groups in total. The van der Waals surface area contributed by atoms with E-state index in [1.54, 1.807) is 0 Å². The summed E-state index contributed by atoms with van der Waals surface area (Å²) in [5, 5.41) is 0. The van der Waals surface area contributed by atoms with Gasteiger partial charge in [-0.2, -0.15) is 0 Å². The third-order valence-corrected chi connectivity index (χ3v) is 2.10. The lowest BCUT2D eigenvalue weighted by atomic mass is 10.1. The van der Waals surface area contributed by atoms with E-state index in [0.717, 1.165) is 13.2 Å². The van der Waals surface area contributed by atoms with Crippen LogP contribution in [-0.2, 0) is 11.3 Å². The van der Waals surface area contributed by atoms with Gasteiger partial charge < -0.3 is 15.2 Å². The van der Waals surface area contributed by atoms with Gasteiger partial charge in [0.2, 0.25) is 0 Å². The fourth-order valence-corrected chi connectivity index (χ4v) is 1.33. The van der Waals surface area contributed by atoms with E-state index in [4.69, 9.17) is 10.5 Å². The smallest absolute Gasteiger partial charge is 0.360 e. The number of esters is 1. The summed E-state index contributed by atoms with van der Waals surface area (Å²) in [5.41, 5.74) is 4.84. The molecular weight excluding hydrogens is 234 g/mol. The number of pyridine rings is 1. The fraction of sp³-hybridized carbons (Fsp3) is 0.400. The van der Waals surface area contributed by atoms with Gasteiger partial charge in [0.05, 0.1) is 14.2 Å². The predicted molar refractivity (Wildman–Crippen MR) is 55.0 cm³/mol. The summed E-state index contributed by atoms with van der Waals surface area (Å²) in [7, 11) is 2.42. The molecule has 0 amide bonds. The molecule has 7 heteroatoms. The van der Waals surface area contributed by atoms with Crippen LogP contribution in [0.1, 0.15) is 28.2 Å². The van der Waals surface area contributed by atoms with Crippen LogP contribution >= 0.6 is 0 Å². The second-order valence-corrected chi connectivity index (χ2v) is 3.08. The molecule has 0 aliphatic rings. The molecule has 0 bridgehead atoms. The minimum absolute atomic E-state index is 0.0462. The van der Waals surface area contributed by atoms with E-state index < -0.39 is 18.1 Å². The average molecular weight is 246 g/mol. The van der Waals surface area contributed by atoms with Gasteiger partial charge >= 0.3 is 5.97 Å². The second-order valence-electron chi connectivity index (χ2n) is 3.08. The van der Waals surface area contributed by atoms with E-state index in [9.17, 15) is 13.6 Å². The number of carbonyl (C=O) groups is 1. The molecule has 1 aromatic rings. The molecule has 0 aliphatic carbocycles. The third-order valence-electron chi connectivity index (χ3n) is 2.10. The summed E-state index contributed by atoms with van der Waals surface area (Å²) >= 11 is 0. The monoisotopic (exact) mass is 246 g/mol. The number of nitrogens with two attached hydrogens (primary N) is 1. The molecule has 0 aliphatic heterocycles. The van der Waals surface area contributed by atoms with Crippen LogP contribution in [0.4, 0.5) is 8.78 Å². The lowest BCUT2D eigenvalue weighted by Gasteiger charge is -2.12. The van der Waals surface area contributed by atoms with Crippen LogP contribution in [0.2, 0.25) is 0 Å². The molecule has 1 heterocycles. The van der Waals surface area contributed by atoms with Crippen molar-refractivity contribution in [1.82, 2.24) is 4.98 Å². The first-order valence-electron chi connectivity index (χ1n) is 4.69. The number of rotatable bonds is 4. The van der Waals surface area contributed by atoms with Crippen LogP contribution in [0.25, 0.3) is 0 Å². The lowest BCUT2D eigenvalue weighted by Crippen LogP contribution is -2.13.